The van der Waals surface area contributed by atoms with Crippen LogP contribution < -0.4 is 5.32 Å². The zero-order valence-corrected chi connectivity index (χ0v) is 12.9. The molecule has 114 valence electrons. The first kappa shape index (κ1) is 15.3. The average molecular weight is 280 g/mol. The predicted octanol–water partition coefficient (Wildman–Crippen LogP) is 2.47. The van der Waals surface area contributed by atoms with E-state index in [9.17, 15) is 9.59 Å². The number of amides is 2. The molecule has 4 heteroatoms. The number of nitrogens with one attached hydrogen (secondary N) is 1. The van der Waals surface area contributed by atoms with E-state index in [1.807, 2.05) is 4.90 Å². The SMILES string of the molecule is CC(C)(C(=O)NC1CCCC1)C(=O)N1CCCCCC1. The summed E-state index contributed by atoms with van der Waals surface area (Å²) in [4.78, 5) is 27.0. The summed E-state index contributed by atoms with van der Waals surface area (Å²) >= 11 is 0. The lowest BCUT2D eigenvalue weighted by Crippen LogP contribution is -2.51. The van der Waals surface area contributed by atoms with Gasteiger partial charge in [0.05, 0.1) is 0 Å². The van der Waals surface area contributed by atoms with Crippen LogP contribution in [0.1, 0.15) is 65.2 Å². The third-order valence-electron chi connectivity index (χ3n) is 4.69. The van der Waals surface area contributed by atoms with E-state index in [0.29, 0.717) is 0 Å². The van der Waals surface area contributed by atoms with Crippen LogP contribution in [-0.4, -0.2) is 35.8 Å². The molecule has 2 amide bonds. The summed E-state index contributed by atoms with van der Waals surface area (Å²) in [6.07, 6.45) is 8.99. The number of carbonyl (C=O) groups excluding carboxylic acids is 2. The van der Waals surface area contributed by atoms with Crippen LogP contribution in [0.25, 0.3) is 0 Å². The fourth-order valence-electron chi connectivity index (χ4n) is 3.20. The zero-order valence-electron chi connectivity index (χ0n) is 12.9. The van der Waals surface area contributed by atoms with Gasteiger partial charge in [-0.2, -0.15) is 0 Å². The summed E-state index contributed by atoms with van der Waals surface area (Å²) in [6, 6.07) is 0.277. The minimum Gasteiger partial charge on any atom is -0.352 e. The van der Waals surface area contributed by atoms with Gasteiger partial charge in [0.15, 0.2) is 0 Å². The lowest BCUT2D eigenvalue weighted by atomic mass is 9.89. The smallest absolute Gasteiger partial charge is 0.237 e. The molecule has 0 spiro atoms. The third-order valence-corrected chi connectivity index (χ3v) is 4.69. The van der Waals surface area contributed by atoms with Crippen molar-refractivity contribution in [3.8, 4) is 0 Å². The quantitative estimate of drug-likeness (QED) is 0.807. The van der Waals surface area contributed by atoms with Crippen LogP contribution in [0.5, 0.6) is 0 Å². The van der Waals surface area contributed by atoms with Crippen molar-refractivity contribution in [3.63, 3.8) is 0 Å². The molecule has 0 aromatic heterocycles. The van der Waals surface area contributed by atoms with Gasteiger partial charge in [0.2, 0.25) is 11.8 Å². The molecule has 2 rings (SSSR count). The molecular weight excluding hydrogens is 252 g/mol. The first-order valence-corrected chi connectivity index (χ1v) is 8.12. The van der Waals surface area contributed by atoms with Gasteiger partial charge in [-0.3, -0.25) is 9.59 Å². The number of rotatable bonds is 3. The monoisotopic (exact) mass is 280 g/mol. The van der Waals surface area contributed by atoms with Gasteiger partial charge in [-0.15, -0.1) is 0 Å². The fourth-order valence-corrected chi connectivity index (χ4v) is 3.20. The Balaban J connectivity index is 1.95. The molecule has 20 heavy (non-hydrogen) atoms. The molecule has 0 aromatic rings. The highest BCUT2D eigenvalue weighted by Crippen LogP contribution is 2.24. The summed E-state index contributed by atoms with van der Waals surface area (Å²) in [6.45, 7) is 5.15. The van der Waals surface area contributed by atoms with Gasteiger partial charge >= 0.3 is 0 Å². The molecule has 1 aliphatic carbocycles. The van der Waals surface area contributed by atoms with Crippen molar-refractivity contribution in [1.29, 1.82) is 0 Å². The fraction of sp³-hybridized carbons (Fsp3) is 0.875. The molecule has 0 unspecified atom stereocenters. The zero-order chi connectivity index (χ0) is 14.6. The third kappa shape index (κ3) is 3.53. The number of hydrogen-bond acceptors (Lipinski definition) is 2. The van der Waals surface area contributed by atoms with Crippen molar-refractivity contribution in [2.75, 3.05) is 13.1 Å². The lowest BCUT2D eigenvalue weighted by molar-refractivity contribution is -0.148. The van der Waals surface area contributed by atoms with Crippen LogP contribution in [0.2, 0.25) is 0 Å². The highest BCUT2D eigenvalue weighted by atomic mass is 16.2. The average Bonchev–Trinajstić information content (AvgIpc) is 2.78. The normalized spacial score (nSPS) is 21.6. The molecule has 0 bridgehead atoms. The van der Waals surface area contributed by atoms with Crippen molar-refractivity contribution in [3.05, 3.63) is 0 Å². The molecule has 1 aliphatic heterocycles. The van der Waals surface area contributed by atoms with Gasteiger partial charge in [0.25, 0.3) is 0 Å². The van der Waals surface area contributed by atoms with Gasteiger partial charge in [0, 0.05) is 19.1 Å². The van der Waals surface area contributed by atoms with E-state index in [4.69, 9.17) is 0 Å². The number of hydrogen-bond donors (Lipinski definition) is 1. The second-order valence-electron chi connectivity index (χ2n) is 6.79. The molecular formula is C16H28N2O2. The van der Waals surface area contributed by atoms with E-state index >= 15 is 0 Å². The van der Waals surface area contributed by atoms with Crippen molar-refractivity contribution < 1.29 is 9.59 Å². The van der Waals surface area contributed by atoms with Gasteiger partial charge in [-0.25, -0.2) is 0 Å². The first-order valence-electron chi connectivity index (χ1n) is 8.12. The maximum Gasteiger partial charge on any atom is 0.237 e. The molecule has 1 saturated carbocycles. The van der Waals surface area contributed by atoms with Gasteiger partial charge < -0.3 is 10.2 Å². The maximum absolute atomic E-state index is 12.7. The number of carbonyl (C=O) groups is 2. The van der Waals surface area contributed by atoms with Crippen molar-refractivity contribution in [2.45, 2.75) is 71.3 Å². The van der Waals surface area contributed by atoms with Gasteiger partial charge in [0.1, 0.15) is 5.41 Å². The molecule has 1 N–H and O–H groups in total. The largest absolute Gasteiger partial charge is 0.352 e. The predicted molar refractivity (Wildman–Crippen MR) is 79.2 cm³/mol. The molecule has 2 aliphatic rings. The maximum atomic E-state index is 12.7. The summed E-state index contributed by atoms with van der Waals surface area (Å²) in [5, 5.41) is 3.07. The minimum atomic E-state index is -0.938. The Labute approximate surface area is 122 Å². The minimum absolute atomic E-state index is 0.00473. The Morgan fingerprint density at radius 1 is 0.950 bits per heavy atom. The number of nitrogens with zero attached hydrogens (tertiary/aromatic N) is 1. The van der Waals surface area contributed by atoms with Crippen molar-refractivity contribution in [2.24, 2.45) is 5.41 Å². The topological polar surface area (TPSA) is 49.4 Å². The van der Waals surface area contributed by atoms with Crippen LogP contribution in [0, 0.1) is 5.41 Å². The van der Waals surface area contributed by atoms with Crippen molar-refractivity contribution in [1.82, 2.24) is 10.2 Å². The van der Waals surface area contributed by atoms with E-state index < -0.39 is 5.41 Å². The first-order chi connectivity index (χ1) is 9.51. The lowest BCUT2D eigenvalue weighted by Gasteiger charge is -2.31. The molecule has 4 nitrogen and oxygen atoms in total. The standard InChI is InChI=1S/C16H28N2O2/c1-16(2,14(19)17-13-9-5-6-10-13)15(20)18-11-7-3-4-8-12-18/h13H,3-12H2,1-2H3,(H,17,19). The van der Waals surface area contributed by atoms with Crippen LogP contribution in [-0.2, 0) is 9.59 Å². The Kier molecular flexibility index (Phi) is 5.06. The Morgan fingerprint density at radius 2 is 1.50 bits per heavy atom. The van der Waals surface area contributed by atoms with E-state index in [2.05, 4.69) is 5.32 Å². The summed E-state index contributed by atoms with van der Waals surface area (Å²) in [7, 11) is 0. The molecule has 0 atom stereocenters. The van der Waals surface area contributed by atoms with E-state index in [0.717, 1.165) is 38.8 Å². The van der Waals surface area contributed by atoms with E-state index in [-0.39, 0.29) is 17.9 Å². The van der Waals surface area contributed by atoms with Crippen molar-refractivity contribution >= 4 is 11.8 Å². The summed E-state index contributed by atoms with van der Waals surface area (Å²) in [5.41, 5.74) is -0.938. The summed E-state index contributed by atoms with van der Waals surface area (Å²) < 4.78 is 0. The molecule has 0 radical (unpaired) electrons. The Hall–Kier alpha value is -1.06. The van der Waals surface area contributed by atoms with Crippen LogP contribution in [0.4, 0.5) is 0 Å². The van der Waals surface area contributed by atoms with Gasteiger partial charge in [-0.1, -0.05) is 25.7 Å². The Morgan fingerprint density at radius 3 is 2.05 bits per heavy atom. The molecule has 1 saturated heterocycles. The van der Waals surface area contributed by atoms with Crippen LogP contribution in [0.15, 0.2) is 0 Å². The number of likely N-dealkylation sites (tertiary alicyclic amines) is 1. The molecule has 0 aromatic carbocycles. The van der Waals surface area contributed by atoms with Gasteiger partial charge in [-0.05, 0) is 39.5 Å². The molecule has 2 fully saturated rings. The Bertz CT molecular complexity index is 351. The molecule has 1 heterocycles. The highest BCUT2D eigenvalue weighted by Gasteiger charge is 2.40. The van der Waals surface area contributed by atoms with E-state index in [1.165, 1.54) is 25.7 Å². The summed E-state index contributed by atoms with van der Waals surface area (Å²) in [5.74, 6) is -0.103. The second kappa shape index (κ2) is 6.59. The van der Waals surface area contributed by atoms with Crippen LogP contribution in [0.3, 0.4) is 0 Å². The van der Waals surface area contributed by atoms with E-state index in [1.54, 1.807) is 13.8 Å². The highest BCUT2D eigenvalue weighted by molar-refractivity contribution is 6.04. The van der Waals surface area contributed by atoms with Crippen LogP contribution >= 0.6 is 0 Å². The second-order valence-corrected chi connectivity index (χ2v) is 6.79.